The van der Waals surface area contributed by atoms with Crippen molar-refractivity contribution in [2.45, 2.75) is 0 Å². The summed E-state index contributed by atoms with van der Waals surface area (Å²) in [6.07, 6.45) is 1.63. The number of nitrogens with one attached hydrogen (secondary N) is 2. The van der Waals surface area contributed by atoms with Crippen molar-refractivity contribution in [1.82, 2.24) is 9.97 Å². The number of thiazole rings is 1. The molecule has 2 aromatic heterocycles. The van der Waals surface area contributed by atoms with Crippen LogP contribution in [0.2, 0.25) is 0 Å². The van der Waals surface area contributed by atoms with Gasteiger partial charge in [-0.2, -0.15) is 0 Å². The predicted molar refractivity (Wildman–Crippen MR) is 97.5 cm³/mol. The molecular formula is C17H16N4O4S. The minimum Gasteiger partial charge on any atom is -0.497 e. The van der Waals surface area contributed by atoms with E-state index in [1.807, 2.05) is 0 Å². The first-order chi connectivity index (χ1) is 12.5. The third-order valence-electron chi connectivity index (χ3n) is 3.42. The van der Waals surface area contributed by atoms with Crippen LogP contribution in [-0.2, 0) is 4.79 Å². The van der Waals surface area contributed by atoms with Gasteiger partial charge in [-0.05, 0) is 30.3 Å². The molecular weight excluding hydrogens is 356 g/mol. The van der Waals surface area contributed by atoms with E-state index >= 15 is 0 Å². The normalized spacial score (nSPS) is 10.3. The third kappa shape index (κ3) is 4.19. The summed E-state index contributed by atoms with van der Waals surface area (Å²) in [6.45, 7) is -0.142. The molecule has 0 bridgehead atoms. The van der Waals surface area contributed by atoms with E-state index in [4.69, 9.17) is 15.2 Å². The number of carbonyl (C=O) groups excluding carboxylic acids is 2. The maximum Gasteiger partial charge on any atom is 0.265 e. The molecule has 0 saturated heterocycles. The van der Waals surface area contributed by atoms with Gasteiger partial charge in [-0.25, -0.2) is 4.98 Å². The zero-order valence-electron chi connectivity index (χ0n) is 13.8. The Bertz CT molecular complexity index is 917. The van der Waals surface area contributed by atoms with E-state index in [0.717, 1.165) is 0 Å². The zero-order valence-corrected chi connectivity index (χ0v) is 14.6. The van der Waals surface area contributed by atoms with Crippen molar-refractivity contribution in [2.75, 3.05) is 19.0 Å². The molecule has 0 aliphatic carbocycles. The zero-order chi connectivity index (χ0) is 18.5. The fourth-order valence-corrected chi connectivity index (χ4v) is 2.86. The fraction of sp³-hybridized carbons (Fsp3) is 0.118. The number of nitrogens with zero attached hydrogens (tertiary/aromatic N) is 1. The van der Waals surface area contributed by atoms with Gasteiger partial charge < -0.3 is 20.2 Å². The first-order valence-corrected chi connectivity index (χ1v) is 8.44. The Labute approximate surface area is 153 Å². The Morgan fingerprint density at radius 1 is 1.27 bits per heavy atom. The number of hydrogen-bond donors (Lipinski definition) is 3. The smallest absolute Gasteiger partial charge is 0.265 e. The van der Waals surface area contributed by atoms with Crippen molar-refractivity contribution in [1.29, 1.82) is 0 Å². The number of amides is 2. The van der Waals surface area contributed by atoms with Crippen LogP contribution in [0.1, 0.15) is 10.5 Å². The van der Waals surface area contributed by atoms with Crippen LogP contribution in [0.5, 0.6) is 11.5 Å². The molecule has 0 atom stereocenters. The number of aromatic amines is 1. The highest BCUT2D eigenvalue weighted by atomic mass is 32.1. The lowest BCUT2D eigenvalue weighted by Crippen LogP contribution is -2.20. The summed E-state index contributed by atoms with van der Waals surface area (Å²) in [5, 5.41) is 4.88. The molecule has 2 amide bonds. The van der Waals surface area contributed by atoms with Gasteiger partial charge in [-0.15, -0.1) is 11.3 Å². The summed E-state index contributed by atoms with van der Waals surface area (Å²) < 4.78 is 10.5. The van der Waals surface area contributed by atoms with Crippen LogP contribution in [-0.4, -0.2) is 35.5 Å². The average molecular weight is 372 g/mol. The summed E-state index contributed by atoms with van der Waals surface area (Å²) in [5.41, 5.74) is 6.85. The van der Waals surface area contributed by atoms with E-state index in [0.29, 0.717) is 33.6 Å². The highest BCUT2D eigenvalue weighted by Gasteiger charge is 2.11. The predicted octanol–water partition coefficient (Wildman–Crippen LogP) is 2.26. The van der Waals surface area contributed by atoms with Gasteiger partial charge in [0.25, 0.3) is 11.8 Å². The number of carbonyl (C=O) groups is 2. The van der Waals surface area contributed by atoms with E-state index in [2.05, 4.69) is 15.3 Å². The molecule has 0 saturated carbocycles. The highest BCUT2D eigenvalue weighted by Crippen LogP contribution is 2.25. The lowest BCUT2D eigenvalue weighted by Gasteiger charge is -2.06. The van der Waals surface area contributed by atoms with Crippen LogP contribution in [0.15, 0.2) is 41.9 Å². The number of nitrogens with two attached hydrogens (primary N) is 1. The van der Waals surface area contributed by atoms with Crippen molar-refractivity contribution >= 4 is 28.3 Å². The molecule has 134 valence electrons. The number of anilines is 1. The van der Waals surface area contributed by atoms with Gasteiger partial charge in [0.05, 0.1) is 12.8 Å². The van der Waals surface area contributed by atoms with Gasteiger partial charge >= 0.3 is 0 Å². The Morgan fingerprint density at radius 3 is 2.65 bits per heavy atom. The van der Waals surface area contributed by atoms with Crippen molar-refractivity contribution in [2.24, 2.45) is 5.73 Å². The minimum absolute atomic E-state index is 0.142. The van der Waals surface area contributed by atoms with Gasteiger partial charge in [0, 0.05) is 17.1 Å². The molecule has 0 unspecified atom stereocenters. The quantitative estimate of drug-likeness (QED) is 0.588. The molecule has 3 aromatic rings. The molecule has 1 aromatic carbocycles. The Balaban J connectivity index is 1.55. The Morgan fingerprint density at radius 2 is 2.00 bits per heavy atom. The molecule has 8 nitrogen and oxygen atoms in total. The lowest BCUT2D eigenvalue weighted by molar-refractivity contribution is -0.118. The van der Waals surface area contributed by atoms with Crippen molar-refractivity contribution in [3.63, 3.8) is 0 Å². The molecule has 0 spiro atoms. The van der Waals surface area contributed by atoms with E-state index in [9.17, 15) is 9.59 Å². The molecule has 0 fully saturated rings. The fourth-order valence-electron chi connectivity index (χ4n) is 2.12. The summed E-state index contributed by atoms with van der Waals surface area (Å²) in [5.74, 6) is 0.401. The van der Waals surface area contributed by atoms with Crippen LogP contribution < -0.4 is 20.5 Å². The van der Waals surface area contributed by atoms with E-state index in [1.165, 1.54) is 11.3 Å². The largest absolute Gasteiger partial charge is 0.497 e. The Kier molecular flexibility index (Phi) is 5.18. The number of aromatic nitrogens is 2. The number of methoxy groups -OCH3 is 1. The van der Waals surface area contributed by atoms with Gasteiger partial charge in [0.15, 0.2) is 11.7 Å². The highest BCUT2D eigenvalue weighted by molar-refractivity contribution is 7.14. The summed E-state index contributed by atoms with van der Waals surface area (Å²) in [7, 11) is 1.58. The van der Waals surface area contributed by atoms with Crippen LogP contribution in [0, 0.1) is 0 Å². The van der Waals surface area contributed by atoms with Crippen LogP contribution in [0.4, 0.5) is 5.13 Å². The van der Waals surface area contributed by atoms with Gasteiger partial charge in [-0.1, -0.05) is 0 Å². The molecule has 0 aliphatic heterocycles. The van der Waals surface area contributed by atoms with Crippen LogP contribution in [0.25, 0.3) is 11.3 Å². The maximum atomic E-state index is 12.0. The minimum atomic E-state index is -0.546. The number of rotatable bonds is 7. The lowest BCUT2D eigenvalue weighted by atomic mass is 10.2. The second kappa shape index (κ2) is 7.70. The van der Waals surface area contributed by atoms with E-state index in [-0.39, 0.29) is 12.5 Å². The topological polar surface area (TPSA) is 119 Å². The number of ether oxygens (including phenoxy) is 2. The molecule has 0 aliphatic rings. The van der Waals surface area contributed by atoms with Gasteiger partial charge in [0.1, 0.15) is 17.2 Å². The molecule has 2 heterocycles. The number of primary amides is 1. The van der Waals surface area contributed by atoms with Crippen molar-refractivity contribution in [3.8, 4) is 22.8 Å². The molecule has 26 heavy (non-hydrogen) atoms. The maximum absolute atomic E-state index is 12.0. The molecule has 4 N–H and O–H groups in total. The SMILES string of the molecule is COc1ccc(OCC(=O)Nc2nc(-c3c[nH]c(C(N)=O)c3)cs2)cc1. The van der Waals surface area contributed by atoms with Crippen LogP contribution >= 0.6 is 11.3 Å². The second-order valence-corrected chi connectivity index (χ2v) is 6.07. The number of hydrogen-bond acceptors (Lipinski definition) is 6. The molecule has 9 heteroatoms. The average Bonchev–Trinajstić information content (AvgIpc) is 3.29. The first kappa shape index (κ1) is 17.5. The van der Waals surface area contributed by atoms with E-state index < -0.39 is 5.91 Å². The summed E-state index contributed by atoms with van der Waals surface area (Å²) in [4.78, 5) is 30.2. The summed E-state index contributed by atoms with van der Waals surface area (Å²) in [6, 6.07) is 8.54. The first-order valence-electron chi connectivity index (χ1n) is 7.56. The second-order valence-electron chi connectivity index (χ2n) is 5.22. The van der Waals surface area contributed by atoms with Crippen molar-refractivity contribution < 1.29 is 19.1 Å². The molecule has 3 rings (SSSR count). The number of H-pyrrole nitrogens is 1. The third-order valence-corrected chi connectivity index (χ3v) is 4.18. The van der Waals surface area contributed by atoms with E-state index in [1.54, 1.807) is 49.0 Å². The Hall–Kier alpha value is -3.33. The standard InChI is InChI=1S/C17H16N4O4S/c1-24-11-2-4-12(5-3-11)25-8-15(22)21-17-20-14(9-26-17)10-6-13(16(18)23)19-7-10/h2-7,9,19H,8H2,1H3,(H2,18,23)(H,20,21,22). The molecule has 0 radical (unpaired) electrons. The number of benzene rings is 1. The monoisotopic (exact) mass is 372 g/mol. The summed E-state index contributed by atoms with van der Waals surface area (Å²) >= 11 is 1.27. The van der Waals surface area contributed by atoms with Gasteiger partial charge in [0.2, 0.25) is 0 Å². The van der Waals surface area contributed by atoms with Crippen molar-refractivity contribution in [3.05, 3.63) is 47.6 Å². The van der Waals surface area contributed by atoms with Gasteiger partial charge in [-0.3, -0.25) is 14.9 Å². The van der Waals surface area contributed by atoms with Crippen LogP contribution in [0.3, 0.4) is 0 Å².